The van der Waals surface area contributed by atoms with Crippen molar-refractivity contribution in [2.45, 2.75) is 58.4 Å². The second-order valence-corrected chi connectivity index (χ2v) is 9.94. The molecule has 11 nitrogen and oxygen atoms in total. The number of carbonyl (C=O) groups is 1. The minimum Gasteiger partial charge on any atom is -0.324 e. The number of carbonyl (C=O) groups excluding carboxylic acids is 1. The maximum absolute atomic E-state index is 14.2. The van der Waals surface area contributed by atoms with Gasteiger partial charge >= 0.3 is 0 Å². The maximum Gasteiger partial charge on any atom is 0.235 e. The number of amides is 1. The van der Waals surface area contributed by atoms with E-state index < -0.39 is 17.3 Å². The van der Waals surface area contributed by atoms with Crippen LogP contribution in [0.2, 0.25) is 5.02 Å². The van der Waals surface area contributed by atoms with Crippen molar-refractivity contribution in [3.05, 3.63) is 77.1 Å². The lowest BCUT2D eigenvalue weighted by molar-refractivity contribution is -0.117. The van der Waals surface area contributed by atoms with Crippen molar-refractivity contribution in [1.82, 2.24) is 44.4 Å². The van der Waals surface area contributed by atoms with Crippen LogP contribution in [-0.4, -0.2) is 50.3 Å². The van der Waals surface area contributed by atoms with Crippen molar-refractivity contribution < 1.29 is 9.18 Å². The minimum absolute atomic E-state index is 0.161. The average molecular weight is 551 g/mol. The summed E-state index contributed by atoms with van der Waals surface area (Å²) in [5, 5.41) is 19.8. The van der Waals surface area contributed by atoms with E-state index in [9.17, 15) is 9.18 Å². The monoisotopic (exact) mass is 550 g/mol. The SMILES string of the molecule is CC.CC(C)n1cc([C@@]2(C)CC(C(=O)Nc3cnc(-n4nccn4)c(Cl)c3)c3cnc4cc(F)nn4c32)cn1. The summed E-state index contributed by atoms with van der Waals surface area (Å²) in [6.07, 6.45) is 10.3. The standard InChI is InChI=1S/C24H22ClFN10O.C2H6/c1-13(2)34-12-14(9-31-34)24(3)8-16(17-11-27-20-7-19(26)33-35(20)21(17)24)23(37)32-15-6-18(25)22(28-10-15)36-29-4-5-30-36;1-2/h4-7,9-13,16H,8H2,1-3H3,(H,32,37);1-2H3/t16?,24-;/m1./s1. The zero-order valence-electron chi connectivity index (χ0n) is 22.2. The van der Waals surface area contributed by atoms with E-state index in [2.05, 4.69) is 35.7 Å². The van der Waals surface area contributed by atoms with Crippen LogP contribution in [0.5, 0.6) is 0 Å². The number of nitrogens with one attached hydrogen (secondary N) is 1. The molecule has 202 valence electrons. The van der Waals surface area contributed by atoms with Crippen LogP contribution < -0.4 is 5.32 Å². The molecule has 1 aliphatic rings. The number of hydrogen-bond donors (Lipinski definition) is 1. The second kappa shape index (κ2) is 10.2. The molecule has 6 rings (SSSR count). The van der Waals surface area contributed by atoms with Gasteiger partial charge in [-0.15, -0.1) is 9.90 Å². The summed E-state index contributed by atoms with van der Waals surface area (Å²) in [5.41, 5.74) is 2.41. The lowest BCUT2D eigenvalue weighted by Crippen LogP contribution is -2.25. The normalized spacial score (nSPS) is 18.2. The van der Waals surface area contributed by atoms with Gasteiger partial charge in [0.25, 0.3) is 0 Å². The smallest absolute Gasteiger partial charge is 0.235 e. The Labute approximate surface area is 229 Å². The summed E-state index contributed by atoms with van der Waals surface area (Å²) in [5.74, 6) is -1.14. The molecule has 0 saturated heterocycles. The fraction of sp³-hybridized carbons (Fsp3) is 0.346. The molecule has 13 heteroatoms. The molecule has 2 atom stereocenters. The molecule has 0 saturated carbocycles. The first kappa shape index (κ1) is 26.4. The van der Waals surface area contributed by atoms with Crippen molar-refractivity contribution in [3.63, 3.8) is 0 Å². The Morgan fingerprint density at radius 3 is 2.54 bits per heavy atom. The number of fused-ring (bicyclic) bond motifs is 3. The number of rotatable bonds is 5. The summed E-state index contributed by atoms with van der Waals surface area (Å²) >= 11 is 6.38. The van der Waals surface area contributed by atoms with E-state index in [-0.39, 0.29) is 17.0 Å². The first-order chi connectivity index (χ1) is 18.7. The molecular weight excluding hydrogens is 523 g/mol. The van der Waals surface area contributed by atoms with Crippen molar-refractivity contribution >= 4 is 28.8 Å². The lowest BCUT2D eigenvalue weighted by Gasteiger charge is -2.24. The lowest BCUT2D eigenvalue weighted by atomic mass is 9.80. The number of aromatic nitrogens is 9. The van der Waals surface area contributed by atoms with Gasteiger partial charge in [0.05, 0.1) is 47.1 Å². The highest BCUT2D eigenvalue weighted by Gasteiger charge is 2.48. The quantitative estimate of drug-likeness (QED) is 0.335. The zero-order chi connectivity index (χ0) is 27.9. The molecule has 1 amide bonds. The molecule has 39 heavy (non-hydrogen) atoms. The summed E-state index contributed by atoms with van der Waals surface area (Å²) in [6.45, 7) is 10.1. The van der Waals surface area contributed by atoms with Crippen LogP contribution in [0.25, 0.3) is 11.5 Å². The van der Waals surface area contributed by atoms with E-state index in [1.165, 1.54) is 34.0 Å². The van der Waals surface area contributed by atoms with E-state index >= 15 is 0 Å². The molecule has 0 aromatic carbocycles. The minimum atomic E-state index is -0.671. The third kappa shape index (κ3) is 4.54. The predicted octanol–water partition coefficient (Wildman–Crippen LogP) is 4.73. The fourth-order valence-corrected chi connectivity index (χ4v) is 5.18. The Bertz CT molecular complexity index is 1640. The summed E-state index contributed by atoms with van der Waals surface area (Å²) < 4.78 is 17.5. The van der Waals surface area contributed by atoms with E-state index in [4.69, 9.17) is 11.6 Å². The van der Waals surface area contributed by atoms with Crippen LogP contribution in [0.15, 0.2) is 49.3 Å². The summed E-state index contributed by atoms with van der Waals surface area (Å²) in [4.78, 5) is 23.6. The number of pyridine rings is 1. The predicted molar refractivity (Wildman–Crippen MR) is 144 cm³/mol. The van der Waals surface area contributed by atoms with Crippen LogP contribution in [0.3, 0.4) is 0 Å². The van der Waals surface area contributed by atoms with Crippen LogP contribution in [0.4, 0.5) is 10.1 Å². The Kier molecular flexibility index (Phi) is 6.89. The molecule has 0 spiro atoms. The third-order valence-corrected chi connectivity index (χ3v) is 7.05. The highest BCUT2D eigenvalue weighted by atomic mass is 35.5. The number of anilines is 1. The molecule has 5 aromatic rings. The second-order valence-electron chi connectivity index (χ2n) is 9.53. The molecule has 1 aliphatic carbocycles. The Morgan fingerprint density at radius 1 is 1.13 bits per heavy atom. The van der Waals surface area contributed by atoms with Crippen LogP contribution in [-0.2, 0) is 10.2 Å². The molecular formula is C26H28ClFN10O. The van der Waals surface area contributed by atoms with Crippen molar-refractivity contribution in [3.8, 4) is 5.82 Å². The van der Waals surface area contributed by atoms with E-state index in [1.54, 1.807) is 18.5 Å². The van der Waals surface area contributed by atoms with Gasteiger partial charge in [-0.1, -0.05) is 25.4 Å². The van der Waals surface area contributed by atoms with Gasteiger partial charge in [-0.3, -0.25) is 9.48 Å². The van der Waals surface area contributed by atoms with Crippen molar-refractivity contribution in [1.29, 1.82) is 0 Å². The van der Waals surface area contributed by atoms with Crippen LogP contribution >= 0.6 is 11.6 Å². The highest BCUT2D eigenvalue weighted by Crippen LogP contribution is 2.50. The Hall–Kier alpha value is -4.19. The molecule has 0 radical (unpaired) electrons. The van der Waals surface area contributed by atoms with E-state index in [1.807, 2.05) is 45.5 Å². The van der Waals surface area contributed by atoms with Gasteiger partial charge in [0.15, 0.2) is 11.5 Å². The molecule has 1 N–H and O–H groups in total. The van der Waals surface area contributed by atoms with Crippen LogP contribution in [0.1, 0.15) is 69.8 Å². The molecule has 0 bridgehead atoms. The molecule has 5 aromatic heterocycles. The van der Waals surface area contributed by atoms with Gasteiger partial charge in [-0.2, -0.15) is 19.7 Å². The van der Waals surface area contributed by atoms with E-state index in [0.717, 1.165) is 5.56 Å². The average Bonchev–Trinajstić information content (AvgIpc) is 3.71. The van der Waals surface area contributed by atoms with Crippen LogP contribution in [0, 0.1) is 5.95 Å². The first-order valence-electron chi connectivity index (χ1n) is 12.7. The Balaban J connectivity index is 0.00000151. The van der Waals surface area contributed by atoms with Gasteiger partial charge in [0.2, 0.25) is 11.9 Å². The van der Waals surface area contributed by atoms with Gasteiger partial charge in [0.1, 0.15) is 0 Å². The number of nitrogens with zero attached hydrogens (tertiary/aromatic N) is 9. The Morgan fingerprint density at radius 2 is 1.87 bits per heavy atom. The van der Waals surface area contributed by atoms with Gasteiger partial charge < -0.3 is 5.32 Å². The zero-order valence-corrected chi connectivity index (χ0v) is 22.9. The molecule has 1 unspecified atom stereocenters. The molecule has 0 fully saturated rings. The molecule has 5 heterocycles. The molecule has 0 aliphatic heterocycles. The fourth-order valence-electron chi connectivity index (χ4n) is 4.94. The third-order valence-electron chi connectivity index (χ3n) is 6.77. The largest absolute Gasteiger partial charge is 0.324 e. The summed E-state index contributed by atoms with van der Waals surface area (Å²) in [7, 11) is 0. The maximum atomic E-state index is 14.2. The summed E-state index contributed by atoms with van der Waals surface area (Å²) in [6, 6.07) is 3.03. The van der Waals surface area contributed by atoms with Gasteiger partial charge in [-0.05, 0) is 33.3 Å². The topological polar surface area (TPSA) is 121 Å². The van der Waals surface area contributed by atoms with Gasteiger partial charge in [-0.25, -0.2) is 14.5 Å². The van der Waals surface area contributed by atoms with Crippen molar-refractivity contribution in [2.24, 2.45) is 0 Å². The van der Waals surface area contributed by atoms with E-state index in [0.29, 0.717) is 34.8 Å². The van der Waals surface area contributed by atoms with Crippen molar-refractivity contribution in [2.75, 3.05) is 5.32 Å². The first-order valence-corrected chi connectivity index (χ1v) is 13.0. The highest BCUT2D eigenvalue weighted by molar-refractivity contribution is 6.32. The number of halogens is 2. The van der Waals surface area contributed by atoms with Gasteiger partial charge in [0, 0.05) is 41.0 Å². The number of hydrogen-bond acceptors (Lipinski definition) is 7.